The van der Waals surface area contributed by atoms with Crippen molar-refractivity contribution in [1.29, 1.82) is 0 Å². The Hall–Kier alpha value is -2.21. The molecule has 1 aromatic heterocycles. The van der Waals surface area contributed by atoms with Gasteiger partial charge in [0.05, 0.1) is 19.8 Å². The molecular formula is C12H17N5O6. The zero-order valence-corrected chi connectivity index (χ0v) is 12.0. The van der Waals surface area contributed by atoms with Crippen molar-refractivity contribution >= 4 is 23.7 Å². The van der Waals surface area contributed by atoms with Crippen molar-refractivity contribution in [3.8, 4) is 0 Å². The van der Waals surface area contributed by atoms with Crippen LogP contribution in [0.1, 0.15) is 0 Å². The van der Waals surface area contributed by atoms with Gasteiger partial charge >= 0.3 is 0 Å². The predicted octanol–water partition coefficient (Wildman–Crippen LogP) is -3.43. The molecule has 6 N–H and O–H groups in total. The van der Waals surface area contributed by atoms with Crippen LogP contribution in [0.2, 0.25) is 0 Å². The smallest absolute Gasteiger partial charge is 0.278 e. The Bertz CT molecular complexity index is 666. The van der Waals surface area contributed by atoms with Crippen LogP contribution in [-0.2, 0) is 9.53 Å². The summed E-state index contributed by atoms with van der Waals surface area (Å²) in [5, 5.41) is 29.2. The van der Waals surface area contributed by atoms with Crippen LogP contribution in [0.25, 0.3) is 0 Å². The third-order valence-corrected chi connectivity index (χ3v) is 3.93. The zero-order valence-electron chi connectivity index (χ0n) is 12.0. The third-order valence-electron chi connectivity index (χ3n) is 3.93. The first-order valence-electron chi connectivity index (χ1n) is 6.95. The minimum absolute atomic E-state index is 0.0419. The van der Waals surface area contributed by atoms with Gasteiger partial charge in [-0.15, -0.1) is 0 Å². The second kappa shape index (κ2) is 5.77. The van der Waals surface area contributed by atoms with Gasteiger partial charge in [0, 0.05) is 0 Å². The van der Waals surface area contributed by atoms with Crippen molar-refractivity contribution in [3.05, 3.63) is 10.4 Å². The Morgan fingerprint density at radius 2 is 2.17 bits per heavy atom. The maximum absolute atomic E-state index is 12.1. The maximum atomic E-state index is 12.1. The molecule has 3 heterocycles. The van der Waals surface area contributed by atoms with E-state index >= 15 is 0 Å². The van der Waals surface area contributed by atoms with Crippen molar-refractivity contribution < 1.29 is 24.9 Å². The lowest BCUT2D eigenvalue weighted by Gasteiger charge is -2.27. The van der Waals surface area contributed by atoms with E-state index in [1.807, 2.05) is 0 Å². The molecule has 4 atom stereocenters. The number of aromatic nitrogens is 2. The highest BCUT2D eigenvalue weighted by Crippen LogP contribution is 2.36. The Morgan fingerprint density at radius 1 is 1.43 bits per heavy atom. The molecule has 2 aliphatic heterocycles. The summed E-state index contributed by atoms with van der Waals surface area (Å²) in [4.78, 5) is 32.2. The van der Waals surface area contributed by atoms with Crippen LogP contribution < -0.4 is 21.1 Å². The summed E-state index contributed by atoms with van der Waals surface area (Å²) in [6.45, 7) is -0.494. The molecule has 126 valence electrons. The number of hydrogen-bond donors (Lipinski definition) is 5. The molecule has 11 heteroatoms. The monoisotopic (exact) mass is 327 g/mol. The van der Waals surface area contributed by atoms with Gasteiger partial charge in [0.25, 0.3) is 5.56 Å². The fourth-order valence-corrected chi connectivity index (χ4v) is 2.86. The number of nitrogens with one attached hydrogen (secondary N) is 1. The highest BCUT2D eigenvalue weighted by molar-refractivity contribution is 5.76. The molecule has 1 aromatic rings. The fourth-order valence-electron chi connectivity index (χ4n) is 2.86. The van der Waals surface area contributed by atoms with Gasteiger partial charge in [0.15, 0.2) is 12.0 Å². The molecular weight excluding hydrogens is 310 g/mol. The van der Waals surface area contributed by atoms with E-state index in [1.165, 1.54) is 9.80 Å². The quantitative estimate of drug-likeness (QED) is 0.351. The van der Waals surface area contributed by atoms with Crippen LogP contribution in [0, 0.1) is 0 Å². The fraction of sp³-hybridized carbons (Fsp3) is 0.583. The number of aromatic amines is 1. The van der Waals surface area contributed by atoms with E-state index in [0.29, 0.717) is 6.29 Å². The molecule has 1 fully saturated rings. The molecule has 0 radical (unpaired) electrons. The number of ether oxygens (including phenoxy) is 1. The number of nitrogens with two attached hydrogens (primary N) is 1. The van der Waals surface area contributed by atoms with E-state index in [0.717, 1.165) is 0 Å². The Balaban J connectivity index is 2.00. The number of H-pyrrole nitrogens is 1. The van der Waals surface area contributed by atoms with Gasteiger partial charge in [-0.1, -0.05) is 0 Å². The maximum Gasteiger partial charge on any atom is 0.278 e. The molecule has 0 bridgehead atoms. The normalized spacial score (nSPS) is 29.9. The van der Waals surface area contributed by atoms with Crippen molar-refractivity contribution in [3.63, 3.8) is 0 Å². The highest BCUT2D eigenvalue weighted by Gasteiger charge is 2.48. The topological polar surface area (TPSA) is 165 Å². The molecule has 3 rings (SSSR count). The van der Waals surface area contributed by atoms with Crippen LogP contribution in [0.3, 0.4) is 0 Å². The van der Waals surface area contributed by atoms with Crippen LogP contribution in [0.5, 0.6) is 0 Å². The number of anilines is 3. The van der Waals surface area contributed by atoms with E-state index in [2.05, 4.69) is 9.97 Å². The number of aliphatic hydroxyl groups excluding tert-OH is 3. The second-order valence-corrected chi connectivity index (χ2v) is 5.35. The molecule has 0 unspecified atom stereocenters. The van der Waals surface area contributed by atoms with Gasteiger partial charge in [-0.2, -0.15) is 4.98 Å². The van der Waals surface area contributed by atoms with E-state index in [9.17, 15) is 24.9 Å². The van der Waals surface area contributed by atoms with Crippen LogP contribution >= 0.6 is 0 Å². The van der Waals surface area contributed by atoms with Gasteiger partial charge < -0.3 is 40.4 Å². The van der Waals surface area contributed by atoms with Gasteiger partial charge in [-0.05, 0) is 0 Å². The molecule has 11 nitrogen and oxygen atoms in total. The number of rotatable bonds is 4. The van der Waals surface area contributed by atoms with Crippen molar-refractivity contribution in [2.24, 2.45) is 0 Å². The summed E-state index contributed by atoms with van der Waals surface area (Å²) in [7, 11) is 0. The van der Waals surface area contributed by atoms with Crippen molar-refractivity contribution in [2.75, 3.05) is 35.4 Å². The standard InChI is InChI=1S/C12H17N5O6/c13-12-14-9-6(10(22)15-12)16(1-2-18)4-17(9)11-8(21)7(20)5(3-19)23-11/h2,5,7-8,11,19-21H,1,3-4H2,(H3,13,14,15,22)/t5-,7-,8-,11-/m1/s1. The van der Waals surface area contributed by atoms with Crippen LogP contribution in [0.15, 0.2) is 4.79 Å². The first kappa shape index (κ1) is 15.7. The van der Waals surface area contributed by atoms with E-state index in [-0.39, 0.29) is 30.7 Å². The molecule has 23 heavy (non-hydrogen) atoms. The number of carbonyl (C=O) groups is 1. The molecule has 1 saturated heterocycles. The average Bonchev–Trinajstić information content (AvgIpc) is 2.99. The van der Waals surface area contributed by atoms with Gasteiger partial charge in [0.1, 0.15) is 30.3 Å². The summed E-state index contributed by atoms with van der Waals surface area (Å²) in [6, 6.07) is 0. The SMILES string of the molecule is Nc1nc2c(c(=O)[nH]1)N(CC=O)CN2[C@@H]1O[C@H](CO)[C@@H](O)[C@H]1O. The number of hydrogen-bond acceptors (Lipinski definition) is 10. The van der Waals surface area contributed by atoms with E-state index in [1.54, 1.807) is 0 Å². The van der Waals surface area contributed by atoms with Crippen LogP contribution in [-0.4, -0.2) is 75.9 Å². The molecule has 0 spiro atoms. The number of carbonyl (C=O) groups excluding carboxylic acids is 1. The van der Waals surface area contributed by atoms with E-state index in [4.69, 9.17) is 10.5 Å². The Labute approximate surface area is 129 Å². The van der Waals surface area contributed by atoms with E-state index < -0.39 is 36.7 Å². The number of aliphatic hydroxyl groups is 3. The molecule has 0 amide bonds. The Kier molecular flexibility index (Phi) is 3.93. The largest absolute Gasteiger partial charge is 0.394 e. The van der Waals surface area contributed by atoms with Crippen molar-refractivity contribution in [2.45, 2.75) is 24.5 Å². The first-order valence-corrected chi connectivity index (χ1v) is 6.95. The van der Waals surface area contributed by atoms with Crippen molar-refractivity contribution in [1.82, 2.24) is 9.97 Å². The number of aldehydes is 1. The molecule has 0 aromatic carbocycles. The minimum atomic E-state index is -1.32. The van der Waals surface area contributed by atoms with Crippen LogP contribution in [0.4, 0.5) is 17.5 Å². The number of nitrogen functional groups attached to an aromatic ring is 1. The summed E-state index contributed by atoms with van der Waals surface area (Å²) in [5.74, 6) is 0.0152. The first-order chi connectivity index (χ1) is 11.0. The third kappa shape index (κ3) is 2.43. The average molecular weight is 327 g/mol. The summed E-state index contributed by atoms with van der Waals surface area (Å²) < 4.78 is 5.45. The lowest BCUT2D eigenvalue weighted by molar-refractivity contribution is -0.106. The van der Waals surface area contributed by atoms with Gasteiger partial charge in [0.2, 0.25) is 5.95 Å². The van der Waals surface area contributed by atoms with Gasteiger partial charge in [-0.3, -0.25) is 9.78 Å². The summed E-state index contributed by atoms with van der Waals surface area (Å²) in [5.41, 5.74) is 5.16. The zero-order chi connectivity index (χ0) is 16.7. The lowest BCUT2D eigenvalue weighted by Crippen LogP contribution is -2.46. The minimum Gasteiger partial charge on any atom is -0.394 e. The Morgan fingerprint density at radius 3 is 2.78 bits per heavy atom. The lowest BCUT2D eigenvalue weighted by atomic mass is 10.1. The second-order valence-electron chi connectivity index (χ2n) is 5.35. The number of nitrogens with zero attached hydrogens (tertiary/aromatic N) is 3. The molecule has 0 saturated carbocycles. The predicted molar refractivity (Wildman–Crippen MR) is 77.8 cm³/mol. The molecule has 0 aliphatic carbocycles. The summed E-state index contributed by atoms with van der Waals surface area (Å²) in [6.07, 6.45) is -3.98. The number of fused-ring (bicyclic) bond motifs is 1. The summed E-state index contributed by atoms with van der Waals surface area (Å²) >= 11 is 0. The molecule has 2 aliphatic rings. The highest BCUT2D eigenvalue weighted by atomic mass is 16.6. The van der Waals surface area contributed by atoms with Gasteiger partial charge in [-0.25, -0.2) is 0 Å².